The van der Waals surface area contributed by atoms with Crippen LogP contribution in [0, 0.1) is 0 Å². The third kappa shape index (κ3) is 1.67. The van der Waals surface area contributed by atoms with Gasteiger partial charge in [0.1, 0.15) is 0 Å². The highest BCUT2D eigenvalue weighted by Crippen LogP contribution is 2.23. The first-order chi connectivity index (χ1) is 5.97. The highest BCUT2D eigenvalue weighted by Gasteiger charge is 2.08. The van der Waals surface area contributed by atoms with Crippen molar-refractivity contribution in [3.8, 4) is 0 Å². The molecular formula is C11H15N. The molecule has 0 aromatic rings. The molecule has 0 saturated carbocycles. The molecule has 64 valence electrons. The first-order valence-corrected chi connectivity index (χ1v) is 4.72. The van der Waals surface area contributed by atoms with Gasteiger partial charge in [0.15, 0.2) is 0 Å². The molecule has 0 bridgehead atoms. The van der Waals surface area contributed by atoms with Crippen LogP contribution < -0.4 is 5.32 Å². The Balaban J connectivity index is 2.11. The third-order valence-electron chi connectivity index (χ3n) is 2.49. The largest absolute Gasteiger partial charge is 0.313 e. The molecule has 0 atom stereocenters. The number of hydrogen-bond donors (Lipinski definition) is 1. The van der Waals surface area contributed by atoms with E-state index >= 15 is 0 Å². The van der Waals surface area contributed by atoms with Gasteiger partial charge in [0.05, 0.1) is 0 Å². The predicted molar refractivity (Wildman–Crippen MR) is 52.0 cm³/mol. The summed E-state index contributed by atoms with van der Waals surface area (Å²) in [5.41, 5.74) is 3.12. The standard InChI is InChI=1S/C11H15N/c1-2-4-10(5-3-1)11-6-8-12-9-7-11/h1-2,4,6,12H,3,5,7-9H2. The van der Waals surface area contributed by atoms with E-state index in [1.807, 2.05) is 0 Å². The molecule has 0 saturated heterocycles. The van der Waals surface area contributed by atoms with Crippen molar-refractivity contribution in [2.24, 2.45) is 0 Å². The normalized spacial score (nSPS) is 23.3. The second-order valence-electron chi connectivity index (χ2n) is 3.34. The number of nitrogens with one attached hydrogen (secondary N) is 1. The Hall–Kier alpha value is -0.820. The Kier molecular flexibility index (Phi) is 2.42. The van der Waals surface area contributed by atoms with Gasteiger partial charge >= 0.3 is 0 Å². The SMILES string of the molecule is C1=CCCC(C2=CCNCC2)=C1. The van der Waals surface area contributed by atoms with Crippen LogP contribution in [0.4, 0.5) is 0 Å². The lowest BCUT2D eigenvalue weighted by Gasteiger charge is -2.17. The van der Waals surface area contributed by atoms with E-state index in [1.54, 1.807) is 11.1 Å². The van der Waals surface area contributed by atoms with E-state index in [-0.39, 0.29) is 0 Å². The van der Waals surface area contributed by atoms with Gasteiger partial charge in [-0.15, -0.1) is 0 Å². The molecule has 0 fully saturated rings. The van der Waals surface area contributed by atoms with Crippen LogP contribution in [0.3, 0.4) is 0 Å². The van der Waals surface area contributed by atoms with Crippen LogP contribution in [0.2, 0.25) is 0 Å². The molecule has 0 spiro atoms. The number of allylic oxidation sites excluding steroid dienone is 4. The summed E-state index contributed by atoms with van der Waals surface area (Å²) in [6, 6.07) is 0. The Morgan fingerprint density at radius 2 is 2.17 bits per heavy atom. The summed E-state index contributed by atoms with van der Waals surface area (Å²) >= 11 is 0. The first-order valence-electron chi connectivity index (χ1n) is 4.72. The molecule has 2 aliphatic rings. The summed E-state index contributed by atoms with van der Waals surface area (Å²) in [6.07, 6.45) is 12.7. The minimum absolute atomic E-state index is 1.05. The van der Waals surface area contributed by atoms with Crippen LogP contribution in [0.1, 0.15) is 19.3 Å². The molecule has 2 rings (SSSR count). The zero-order valence-corrected chi connectivity index (χ0v) is 7.34. The predicted octanol–water partition coefficient (Wildman–Crippen LogP) is 2.18. The second-order valence-corrected chi connectivity index (χ2v) is 3.34. The average molecular weight is 161 g/mol. The van der Waals surface area contributed by atoms with Crippen molar-refractivity contribution in [1.82, 2.24) is 5.32 Å². The fourth-order valence-electron chi connectivity index (χ4n) is 1.78. The van der Waals surface area contributed by atoms with Crippen molar-refractivity contribution in [2.75, 3.05) is 13.1 Å². The van der Waals surface area contributed by atoms with Crippen molar-refractivity contribution in [3.63, 3.8) is 0 Å². The fraction of sp³-hybridized carbons (Fsp3) is 0.455. The van der Waals surface area contributed by atoms with Gasteiger partial charge in [0.2, 0.25) is 0 Å². The lowest BCUT2D eigenvalue weighted by molar-refractivity contribution is 0.701. The van der Waals surface area contributed by atoms with Crippen LogP contribution in [-0.4, -0.2) is 13.1 Å². The summed E-state index contributed by atoms with van der Waals surface area (Å²) in [7, 11) is 0. The monoisotopic (exact) mass is 161 g/mol. The zero-order chi connectivity index (χ0) is 8.23. The summed E-state index contributed by atoms with van der Waals surface area (Å²) in [4.78, 5) is 0. The van der Waals surface area contributed by atoms with Gasteiger partial charge < -0.3 is 5.32 Å². The number of hydrogen-bond acceptors (Lipinski definition) is 1. The summed E-state index contributed by atoms with van der Waals surface area (Å²) < 4.78 is 0. The minimum atomic E-state index is 1.05. The van der Waals surface area contributed by atoms with Crippen LogP contribution in [0.5, 0.6) is 0 Å². The van der Waals surface area contributed by atoms with Crippen LogP contribution in [0.15, 0.2) is 35.5 Å². The molecule has 1 nitrogen and oxygen atoms in total. The topological polar surface area (TPSA) is 12.0 Å². The molecule has 0 aromatic carbocycles. The summed E-state index contributed by atoms with van der Waals surface area (Å²) in [6.45, 7) is 2.20. The smallest absolute Gasteiger partial charge is 0.0140 e. The van der Waals surface area contributed by atoms with Gasteiger partial charge in [-0.1, -0.05) is 24.3 Å². The van der Waals surface area contributed by atoms with Crippen LogP contribution in [0.25, 0.3) is 0 Å². The maximum absolute atomic E-state index is 3.33. The Morgan fingerprint density at radius 3 is 2.83 bits per heavy atom. The van der Waals surface area contributed by atoms with E-state index in [9.17, 15) is 0 Å². The lowest BCUT2D eigenvalue weighted by atomic mass is 9.93. The van der Waals surface area contributed by atoms with Crippen molar-refractivity contribution in [1.29, 1.82) is 0 Å². The van der Waals surface area contributed by atoms with E-state index in [2.05, 4.69) is 29.6 Å². The molecule has 1 N–H and O–H groups in total. The highest BCUT2D eigenvalue weighted by molar-refractivity contribution is 5.37. The first kappa shape index (κ1) is 7.81. The van der Waals surface area contributed by atoms with Gasteiger partial charge in [-0.2, -0.15) is 0 Å². The van der Waals surface area contributed by atoms with E-state index < -0.39 is 0 Å². The number of rotatable bonds is 1. The Labute approximate surface area is 73.9 Å². The van der Waals surface area contributed by atoms with Crippen molar-refractivity contribution < 1.29 is 0 Å². The van der Waals surface area contributed by atoms with E-state index in [1.165, 1.54) is 19.3 Å². The molecule has 0 unspecified atom stereocenters. The fourth-order valence-corrected chi connectivity index (χ4v) is 1.78. The maximum Gasteiger partial charge on any atom is 0.0140 e. The molecule has 0 aromatic heterocycles. The summed E-state index contributed by atoms with van der Waals surface area (Å²) in [5.74, 6) is 0. The van der Waals surface area contributed by atoms with Crippen molar-refractivity contribution in [3.05, 3.63) is 35.5 Å². The molecule has 1 aliphatic carbocycles. The quantitative estimate of drug-likeness (QED) is 0.621. The van der Waals surface area contributed by atoms with Crippen molar-refractivity contribution >= 4 is 0 Å². The van der Waals surface area contributed by atoms with Gasteiger partial charge in [0, 0.05) is 6.54 Å². The highest BCUT2D eigenvalue weighted by atomic mass is 14.8. The van der Waals surface area contributed by atoms with E-state index in [0.29, 0.717) is 0 Å². The van der Waals surface area contributed by atoms with Gasteiger partial charge in [0.25, 0.3) is 0 Å². The molecule has 0 radical (unpaired) electrons. The minimum Gasteiger partial charge on any atom is -0.313 e. The van der Waals surface area contributed by atoms with Gasteiger partial charge in [-0.25, -0.2) is 0 Å². The average Bonchev–Trinajstić information content (AvgIpc) is 2.21. The molecular weight excluding hydrogens is 146 g/mol. The van der Waals surface area contributed by atoms with E-state index in [4.69, 9.17) is 0 Å². The third-order valence-corrected chi connectivity index (χ3v) is 2.49. The Bertz CT molecular complexity index is 246. The second kappa shape index (κ2) is 3.72. The van der Waals surface area contributed by atoms with Crippen LogP contribution in [-0.2, 0) is 0 Å². The Morgan fingerprint density at radius 1 is 1.17 bits per heavy atom. The lowest BCUT2D eigenvalue weighted by Crippen LogP contribution is -2.21. The molecule has 12 heavy (non-hydrogen) atoms. The van der Waals surface area contributed by atoms with E-state index in [0.717, 1.165) is 13.1 Å². The molecule has 0 amide bonds. The zero-order valence-electron chi connectivity index (χ0n) is 7.34. The van der Waals surface area contributed by atoms with Crippen LogP contribution >= 0.6 is 0 Å². The van der Waals surface area contributed by atoms with Gasteiger partial charge in [-0.3, -0.25) is 0 Å². The maximum atomic E-state index is 3.33. The molecule has 1 aliphatic heterocycles. The van der Waals surface area contributed by atoms with Crippen molar-refractivity contribution in [2.45, 2.75) is 19.3 Å². The molecule has 1 heteroatoms. The molecule has 1 heterocycles. The van der Waals surface area contributed by atoms with Gasteiger partial charge in [-0.05, 0) is 37.0 Å². The summed E-state index contributed by atoms with van der Waals surface area (Å²) in [5, 5.41) is 3.33.